The Labute approximate surface area is 306 Å². The molecule has 2 unspecified atom stereocenters. The second-order valence-electron chi connectivity index (χ2n) is 14.9. The molecule has 9 nitrogen and oxygen atoms in total. The first-order valence-electron chi connectivity index (χ1n) is 20.4. The number of carbonyl (C=O) groups is 3. The van der Waals surface area contributed by atoms with Crippen LogP contribution in [0, 0.1) is 0 Å². The van der Waals surface area contributed by atoms with E-state index < -0.39 is 24.3 Å². The number of likely N-dealkylation sites (N-methyl/N-ethyl adjacent to an activating group) is 1. The molecule has 0 saturated heterocycles. The van der Waals surface area contributed by atoms with Gasteiger partial charge in [-0.3, -0.25) is 9.59 Å². The second-order valence-corrected chi connectivity index (χ2v) is 14.9. The third-order valence-corrected chi connectivity index (χ3v) is 8.75. The molecule has 1 N–H and O–H groups in total. The van der Waals surface area contributed by atoms with Crippen molar-refractivity contribution in [2.45, 2.75) is 187 Å². The zero-order valence-corrected chi connectivity index (χ0v) is 33.1. The molecule has 0 radical (unpaired) electrons. The monoisotopic (exact) mass is 713 g/mol. The second kappa shape index (κ2) is 34.1. The van der Waals surface area contributed by atoms with Crippen molar-refractivity contribution in [3.8, 4) is 0 Å². The number of hydrogen-bond acceptors (Lipinski definition) is 7. The standard InChI is InChI=1S/C41H77NO8/c1-6-8-10-12-14-16-18-19-20-21-22-24-25-27-29-31-38(43)48-35-37(36-49-41(40(45)46)47-34-33-42(3,4)5)50-39(44)32-30-28-26-23-17-15-13-11-9-7-2/h11,13,37,41H,6-10,12,14-36H2,1-5H3/p+1/b13-11-. The lowest BCUT2D eigenvalue weighted by molar-refractivity contribution is -0.870. The van der Waals surface area contributed by atoms with Crippen molar-refractivity contribution in [3.63, 3.8) is 0 Å². The van der Waals surface area contributed by atoms with Gasteiger partial charge in [-0.1, -0.05) is 142 Å². The first kappa shape index (κ1) is 48.0. The van der Waals surface area contributed by atoms with Crippen LogP contribution in [0.5, 0.6) is 0 Å². The Balaban J connectivity index is 4.45. The lowest BCUT2D eigenvalue weighted by Gasteiger charge is -2.25. The quantitative estimate of drug-likeness (QED) is 0.0223. The molecule has 0 saturated carbocycles. The van der Waals surface area contributed by atoms with E-state index >= 15 is 0 Å². The van der Waals surface area contributed by atoms with Crippen LogP contribution in [0.15, 0.2) is 12.2 Å². The number of carboxylic acid groups (broad SMARTS) is 1. The number of aliphatic carboxylic acids is 1. The van der Waals surface area contributed by atoms with E-state index in [0.717, 1.165) is 57.8 Å². The van der Waals surface area contributed by atoms with Gasteiger partial charge in [-0.05, 0) is 32.1 Å². The third kappa shape index (κ3) is 34.5. The van der Waals surface area contributed by atoms with Gasteiger partial charge in [0.2, 0.25) is 0 Å². The van der Waals surface area contributed by atoms with Crippen molar-refractivity contribution in [3.05, 3.63) is 12.2 Å². The van der Waals surface area contributed by atoms with Crippen molar-refractivity contribution in [1.82, 2.24) is 0 Å². The fourth-order valence-corrected chi connectivity index (χ4v) is 5.54. The van der Waals surface area contributed by atoms with Gasteiger partial charge < -0.3 is 28.5 Å². The number of hydrogen-bond donors (Lipinski definition) is 1. The Morgan fingerprint density at radius 3 is 1.56 bits per heavy atom. The highest BCUT2D eigenvalue weighted by Crippen LogP contribution is 2.15. The van der Waals surface area contributed by atoms with Gasteiger partial charge in [0.1, 0.15) is 13.2 Å². The number of ether oxygens (including phenoxy) is 4. The summed E-state index contributed by atoms with van der Waals surface area (Å²) < 4.78 is 22.6. The lowest BCUT2D eigenvalue weighted by atomic mass is 10.0. The molecule has 9 heteroatoms. The van der Waals surface area contributed by atoms with Crippen molar-refractivity contribution in [2.75, 3.05) is 47.5 Å². The predicted octanol–water partition coefficient (Wildman–Crippen LogP) is 9.94. The number of carboxylic acids is 1. The molecule has 0 aromatic rings. The van der Waals surface area contributed by atoms with E-state index in [4.69, 9.17) is 18.9 Å². The number of allylic oxidation sites excluding steroid dienone is 2. The van der Waals surface area contributed by atoms with Gasteiger partial charge in [-0.15, -0.1) is 0 Å². The van der Waals surface area contributed by atoms with E-state index in [1.54, 1.807) is 0 Å². The van der Waals surface area contributed by atoms with Gasteiger partial charge in [0.15, 0.2) is 6.10 Å². The Bertz CT molecular complexity index is 841. The smallest absolute Gasteiger partial charge is 0.361 e. The summed E-state index contributed by atoms with van der Waals surface area (Å²) in [7, 11) is 5.94. The molecular weight excluding hydrogens is 634 g/mol. The van der Waals surface area contributed by atoms with E-state index in [1.165, 1.54) is 83.5 Å². The summed E-state index contributed by atoms with van der Waals surface area (Å²) in [6.45, 7) is 4.79. The van der Waals surface area contributed by atoms with E-state index in [0.29, 0.717) is 23.9 Å². The van der Waals surface area contributed by atoms with Gasteiger partial charge in [0.25, 0.3) is 6.29 Å². The summed E-state index contributed by atoms with van der Waals surface area (Å²) in [5.74, 6) is -2.01. The van der Waals surface area contributed by atoms with Crippen LogP contribution in [0.3, 0.4) is 0 Å². The molecule has 0 spiro atoms. The minimum atomic E-state index is -1.50. The first-order chi connectivity index (χ1) is 24.1. The average Bonchev–Trinajstić information content (AvgIpc) is 3.06. The maximum atomic E-state index is 12.6. The maximum Gasteiger partial charge on any atom is 0.361 e. The molecule has 0 aromatic heterocycles. The van der Waals surface area contributed by atoms with Crippen LogP contribution in [-0.4, -0.2) is 87.4 Å². The summed E-state index contributed by atoms with van der Waals surface area (Å²) in [5.41, 5.74) is 0. The highest BCUT2D eigenvalue weighted by atomic mass is 16.7. The molecule has 2 atom stereocenters. The Kier molecular flexibility index (Phi) is 32.8. The fourth-order valence-electron chi connectivity index (χ4n) is 5.54. The minimum absolute atomic E-state index is 0.180. The van der Waals surface area contributed by atoms with Crippen LogP contribution >= 0.6 is 0 Å². The van der Waals surface area contributed by atoms with Crippen molar-refractivity contribution >= 4 is 17.9 Å². The normalized spacial score (nSPS) is 13.1. The van der Waals surface area contributed by atoms with Crippen LogP contribution in [-0.2, 0) is 33.3 Å². The van der Waals surface area contributed by atoms with E-state index in [2.05, 4.69) is 26.0 Å². The molecule has 294 valence electrons. The Morgan fingerprint density at radius 2 is 1.06 bits per heavy atom. The molecule has 50 heavy (non-hydrogen) atoms. The molecule has 0 aromatic carbocycles. The van der Waals surface area contributed by atoms with Gasteiger partial charge >= 0.3 is 17.9 Å². The SMILES string of the molecule is CCC/C=C\CCCCCCCC(=O)OC(COC(=O)CCCCCCCCCCCCCCCCC)COC(OCC[N+](C)(C)C)C(=O)O. The van der Waals surface area contributed by atoms with Crippen LogP contribution in [0.1, 0.15) is 174 Å². The highest BCUT2D eigenvalue weighted by molar-refractivity contribution is 5.71. The number of quaternary nitrogens is 1. The molecule has 0 heterocycles. The molecule has 0 rings (SSSR count). The van der Waals surface area contributed by atoms with Crippen LogP contribution in [0.25, 0.3) is 0 Å². The number of esters is 2. The zero-order valence-electron chi connectivity index (χ0n) is 33.1. The fraction of sp³-hybridized carbons (Fsp3) is 0.878. The number of nitrogens with zero attached hydrogens (tertiary/aromatic N) is 1. The molecule has 0 aliphatic heterocycles. The van der Waals surface area contributed by atoms with Crippen LogP contribution in [0.4, 0.5) is 0 Å². The summed E-state index contributed by atoms with van der Waals surface area (Å²) >= 11 is 0. The van der Waals surface area contributed by atoms with Gasteiger partial charge in [-0.2, -0.15) is 0 Å². The summed E-state index contributed by atoms with van der Waals surface area (Å²) in [5, 5.41) is 9.59. The molecule has 0 fully saturated rings. The summed E-state index contributed by atoms with van der Waals surface area (Å²) in [6, 6.07) is 0. The van der Waals surface area contributed by atoms with E-state index in [1.807, 2.05) is 21.1 Å². The zero-order chi connectivity index (χ0) is 37.1. The highest BCUT2D eigenvalue weighted by Gasteiger charge is 2.25. The minimum Gasteiger partial charge on any atom is -0.477 e. The molecule has 0 aliphatic rings. The Morgan fingerprint density at radius 1 is 0.580 bits per heavy atom. The molecule has 0 bridgehead atoms. The number of unbranched alkanes of at least 4 members (excludes halogenated alkanes) is 20. The topological polar surface area (TPSA) is 108 Å². The van der Waals surface area contributed by atoms with Gasteiger partial charge in [0.05, 0.1) is 34.4 Å². The molecule has 0 aliphatic carbocycles. The van der Waals surface area contributed by atoms with Crippen LogP contribution < -0.4 is 0 Å². The van der Waals surface area contributed by atoms with Crippen molar-refractivity contribution in [1.29, 1.82) is 0 Å². The maximum absolute atomic E-state index is 12.6. The van der Waals surface area contributed by atoms with Crippen molar-refractivity contribution < 1.29 is 42.9 Å². The molecule has 0 amide bonds. The van der Waals surface area contributed by atoms with Gasteiger partial charge in [-0.25, -0.2) is 4.79 Å². The average molecular weight is 713 g/mol. The number of rotatable bonds is 37. The van der Waals surface area contributed by atoms with Gasteiger partial charge in [0, 0.05) is 12.8 Å². The summed E-state index contributed by atoms with van der Waals surface area (Å²) in [4.78, 5) is 36.9. The van der Waals surface area contributed by atoms with E-state index in [-0.39, 0.29) is 32.2 Å². The van der Waals surface area contributed by atoms with Crippen molar-refractivity contribution in [2.24, 2.45) is 0 Å². The van der Waals surface area contributed by atoms with Crippen LogP contribution in [0.2, 0.25) is 0 Å². The lowest BCUT2D eigenvalue weighted by Crippen LogP contribution is -2.40. The first-order valence-corrected chi connectivity index (χ1v) is 20.4. The third-order valence-electron chi connectivity index (χ3n) is 8.75. The Hall–Kier alpha value is -1.97. The molecular formula is C41H78NO8+. The largest absolute Gasteiger partial charge is 0.477 e. The predicted molar refractivity (Wildman–Crippen MR) is 203 cm³/mol. The summed E-state index contributed by atoms with van der Waals surface area (Å²) in [6.07, 6.45) is 29.9. The number of carbonyl (C=O) groups excluding carboxylic acids is 2. The van der Waals surface area contributed by atoms with E-state index in [9.17, 15) is 19.5 Å².